The van der Waals surface area contributed by atoms with Crippen molar-refractivity contribution in [1.82, 2.24) is 0 Å². The van der Waals surface area contributed by atoms with Crippen molar-refractivity contribution in [2.75, 3.05) is 0 Å². The van der Waals surface area contributed by atoms with E-state index in [0.717, 1.165) is 0 Å². The summed E-state index contributed by atoms with van der Waals surface area (Å²) in [5.74, 6) is -2.47. The van der Waals surface area contributed by atoms with Crippen molar-refractivity contribution in [2.45, 2.75) is 20.3 Å². The Bertz CT molecular complexity index is 492. The van der Waals surface area contributed by atoms with Crippen LogP contribution in [0.4, 0.5) is 10.1 Å². The van der Waals surface area contributed by atoms with Crippen molar-refractivity contribution < 1.29 is 18.8 Å². The summed E-state index contributed by atoms with van der Waals surface area (Å²) in [4.78, 5) is 21.4. The lowest BCUT2D eigenvalue weighted by molar-refractivity contribution is -0.388. The average molecular weight is 320 g/mol. The van der Waals surface area contributed by atoms with Crippen molar-refractivity contribution in [3.05, 3.63) is 32.5 Å². The van der Waals surface area contributed by atoms with Gasteiger partial charge in [-0.3, -0.25) is 14.9 Å². The van der Waals surface area contributed by atoms with Gasteiger partial charge in [0.2, 0.25) is 11.6 Å². The molecule has 1 atom stereocenters. The number of hydrogen-bond donors (Lipinski definition) is 0. The molecule has 18 heavy (non-hydrogen) atoms. The molecule has 98 valence electrons. The molecule has 0 aliphatic heterocycles. The molecule has 1 rings (SSSR count). The first kappa shape index (κ1) is 14.6. The van der Waals surface area contributed by atoms with E-state index < -0.39 is 28.3 Å². The fourth-order valence-electron chi connectivity index (χ4n) is 1.15. The van der Waals surface area contributed by atoms with Gasteiger partial charge in [-0.1, -0.05) is 13.8 Å². The van der Waals surface area contributed by atoms with Gasteiger partial charge in [-0.25, -0.2) is 0 Å². The summed E-state index contributed by atoms with van der Waals surface area (Å²) in [6.07, 6.45) is 0.533. The molecule has 0 fully saturated rings. The van der Waals surface area contributed by atoms with Crippen LogP contribution < -0.4 is 4.74 Å². The predicted molar refractivity (Wildman–Crippen MR) is 65.8 cm³/mol. The largest absolute Gasteiger partial charge is 0.419 e. The normalized spacial score (nSPS) is 12.0. The fraction of sp³-hybridized carbons (Fsp3) is 0.364. The highest BCUT2D eigenvalue weighted by Crippen LogP contribution is 2.34. The Morgan fingerprint density at radius 1 is 1.61 bits per heavy atom. The summed E-state index contributed by atoms with van der Waals surface area (Å²) in [5.41, 5.74) is -0.846. The van der Waals surface area contributed by atoms with E-state index in [2.05, 4.69) is 15.9 Å². The van der Waals surface area contributed by atoms with Gasteiger partial charge in [0.15, 0.2) is 0 Å². The number of benzene rings is 1. The van der Waals surface area contributed by atoms with Crippen LogP contribution in [0.25, 0.3) is 0 Å². The molecule has 5 nitrogen and oxygen atoms in total. The number of carbonyl (C=O) groups excluding carboxylic acids is 1. The third-order valence-electron chi connectivity index (χ3n) is 2.44. The maximum Gasteiger partial charge on any atom is 0.348 e. The number of nitrogens with zero attached hydrogens (tertiary/aromatic N) is 1. The van der Waals surface area contributed by atoms with Gasteiger partial charge in [-0.2, -0.15) is 4.39 Å². The van der Waals surface area contributed by atoms with Crippen molar-refractivity contribution in [2.24, 2.45) is 5.92 Å². The molecule has 1 aromatic rings. The van der Waals surface area contributed by atoms with E-state index in [1.54, 1.807) is 13.8 Å². The minimum atomic E-state index is -1.06. The van der Waals surface area contributed by atoms with E-state index in [1.165, 1.54) is 12.1 Å². The first-order chi connectivity index (χ1) is 8.38. The van der Waals surface area contributed by atoms with Gasteiger partial charge in [0, 0.05) is 0 Å². The molecule has 7 heteroatoms. The second kappa shape index (κ2) is 5.90. The monoisotopic (exact) mass is 319 g/mol. The third-order valence-corrected chi connectivity index (χ3v) is 3.05. The van der Waals surface area contributed by atoms with Crippen LogP contribution in [-0.2, 0) is 4.79 Å². The first-order valence-electron chi connectivity index (χ1n) is 5.22. The number of halogens is 2. The van der Waals surface area contributed by atoms with Crippen LogP contribution in [0, 0.1) is 21.8 Å². The lowest BCUT2D eigenvalue weighted by atomic mass is 10.1. The Kier molecular flexibility index (Phi) is 4.77. The summed E-state index contributed by atoms with van der Waals surface area (Å²) >= 11 is 2.84. The van der Waals surface area contributed by atoms with Crippen molar-refractivity contribution in [1.29, 1.82) is 0 Å². The fourth-order valence-corrected chi connectivity index (χ4v) is 1.47. The zero-order valence-corrected chi connectivity index (χ0v) is 11.4. The summed E-state index contributed by atoms with van der Waals surface area (Å²) in [7, 11) is 0. The number of nitro benzene ring substituents is 1. The number of rotatable bonds is 4. The molecule has 0 bridgehead atoms. The van der Waals surface area contributed by atoms with Crippen LogP contribution >= 0.6 is 15.9 Å². The van der Waals surface area contributed by atoms with Gasteiger partial charge in [-0.05, 0) is 34.5 Å². The number of carbonyl (C=O) groups is 1. The molecular formula is C11H11BrFNO4. The molecule has 0 N–H and O–H groups in total. The van der Waals surface area contributed by atoms with Gasteiger partial charge in [0.05, 0.1) is 15.3 Å². The van der Waals surface area contributed by atoms with Gasteiger partial charge in [0.1, 0.15) is 0 Å². The Balaban J connectivity index is 3.14. The van der Waals surface area contributed by atoms with E-state index in [0.29, 0.717) is 6.42 Å². The van der Waals surface area contributed by atoms with Crippen LogP contribution in [0.15, 0.2) is 16.6 Å². The molecule has 0 aliphatic rings. The minimum Gasteiger partial charge on any atom is -0.419 e. The molecule has 0 amide bonds. The summed E-state index contributed by atoms with van der Waals surface area (Å²) in [6, 6.07) is 2.44. The Morgan fingerprint density at radius 2 is 2.22 bits per heavy atom. The lowest BCUT2D eigenvalue weighted by Gasteiger charge is -2.09. The molecule has 0 radical (unpaired) electrons. The quantitative estimate of drug-likeness (QED) is 0.369. The molecule has 1 unspecified atom stereocenters. The highest BCUT2D eigenvalue weighted by molar-refractivity contribution is 9.10. The summed E-state index contributed by atoms with van der Waals surface area (Å²) < 4.78 is 18.4. The van der Waals surface area contributed by atoms with Crippen LogP contribution in [0.2, 0.25) is 0 Å². The maximum absolute atomic E-state index is 13.6. The highest BCUT2D eigenvalue weighted by Gasteiger charge is 2.26. The maximum atomic E-state index is 13.6. The van der Waals surface area contributed by atoms with Crippen molar-refractivity contribution >= 4 is 27.6 Å². The predicted octanol–water partition coefficient (Wildman–Crippen LogP) is 3.45. The van der Waals surface area contributed by atoms with Gasteiger partial charge in [-0.15, -0.1) is 0 Å². The number of ether oxygens (including phenoxy) is 1. The number of nitro groups is 1. The van der Waals surface area contributed by atoms with E-state index in [1.807, 2.05) is 0 Å². The molecule has 0 aromatic heterocycles. The standard InChI is InChI=1S/C11H11BrFNO4/c1-3-6(2)11(15)18-8-5-4-7(12)9(13)10(8)14(16)17/h4-6H,3H2,1-2H3. The minimum absolute atomic E-state index is 0.0578. The van der Waals surface area contributed by atoms with Crippen LogP contribution in [0.3, 0.4) is 0 Å². The Hall–Kier alpha value is -1.50. The molecule has 0 saturated heterocycles. The van der Waals surface area contributed by atoms with E-state index in [9.17, 15) is 19.3 Å². The lowest BCUT2D eigenvalue weighted by Crippen LogP contribution is -2.17. The first-order valence-corrected chi connectivity index (χ1v) is 6.01. The van der Waals surface area contributed by atoms with Gasteiger partial charge < -0.3 is 4.74 Å². The Morgan fingerprint density at radius 3 is 2.72 bits per heavy atom. The van der Waals surface area contributed by atoms with Gasteiger partial charge >= 0.3 is 11.7 Å². The smallest absolute Gasteiger partial charge is 0.348 e. The number of hydrogen-bond acceptors (Lipinski definition) is 4. The van der Waals surface area contributed by atoms with Crippen molar-refractivity contribution in [3.8, 4) is 5.75 Å². The van der Waals surface area contributed by atoms with Crippen LogP contribution in [0.1, 0.15) is 20.3 Å². The average Bonchev–Trinajstić information content (AvgIpc) is 2.32. The molecule has 1 aromatic carbocycles. The van der Waals surface area contributed by atoms with Crippen molar-refractivity contribution in [3.63, 3.8) is 0 Å². The van der Waals surface area contributed by atoms with E-state index >= 15 is 0 Å². The van der Waals surface area contributed by atoms with E-state index in [-0.39, 0.29) is 10.2 Å². The summed E-state index contributed by atoms with van der Waals surface area (Å²) in [5, 5.41) is 10.8. The summed E-state index contributed by atoms with van der Waals surface area (Å²) in [6.45, 7) is 3.41. The third kappa shape index (κ3) is 3.04. The highest BCUT2D eigenvalue weighted by atomic mass is 79.9. The second-order valence-electron chi connectivity index (χ2n) is 3.70. The molecular weight excluding hydrogens is 309 g/mol. The SMILES string of the molecule is CCC(C)C(=O)Oc1ccc(Br)c(F)c1[N+](=O)[O-]. The molecule has 0 saturated carbocycles. The number of esters is 1. The second-order valence-corrected chi connectivity index (χ2v) is 4.55. The molecule has 0 heterocycles. The Labute approximate surface area is 111 Å². The van der Waals surface area contributed by atoms with E-state index in [4.69, 9.17) is 4.74 Å². The van der Waals surface area contributed by atoms with Crippen LogP contribution in [-0.4, -0.2) is 10.9 Å². The zero-order valence-electron chi connectivity index (χ0n) is 9.78. The zero-order chi connectivity index (χ0) is 13.9. The van der Waals surface area contributed by atoms with Crippen LogP contribution in [0.5, 0.6) is 5.75 Å². The topological polar surface area (TPSA) is 69.4 Å². The van der Waals surface area contributed by atoms with Gasteiger partial charge in [0.25, 0.3) is 0 Å². The molecule has 0 spiro atoms. The molecule has 0 aliphatic carbocycles.